The Morgan fingerprint density at radius 2 is 1.92 bits per heavy atom. The van der Waals surface area contributed by atoms with E-state index >= 15 is 0 Å². The highest BCUT2D eigenvalue weighted by Gasteiger charge is 2.39. The summed E-state index contributed by atoms with van der Waals surface area (Å²) in [7, 11) is 1.48. The number of aromatic nitrogens is 2. The lowest BCUT2D eigenvalue weighted by Crippen LogP contribution is -2.45. The maximum atomic E-state index is 13.3. The first-order valence-corrected chi connectivity index (χ1v) is 12.8. The highest BCUT2D eigenvalue weighted by molar-refractivity contribution is 5.96. The number of carbonyl (C=O) groups excluding carboxylic acids is 3. The molecule has 6 rings (SSSR count). The number of methoxy groups -OCH3 is 1. The second-order valence-corrected chi connectivity index (χ2v) is 9.82. The molecule has 3 aliphatic heterocycles. The minimum atomic E-state index is -0.492. The van der Waals surface area contributed by atoms with Crippen molar-refractivity contribution in [3.05, 3.63) is 71.5 Å². The number of benzene rings is 2. The van der Waals surface area contributed by atoms with Gasteiger partial charge in [-0.3, -0.25) is 19.1 Å². The Hall–Kier alpha value is -4.54. The number of likely N-dealkylation sites (tertiary alicyclic amines) is 1. The van der Waals surface area contributed by atoms with Gasteiger partial charge in [-0.15, -0.1) is 0 Å². The van der Waals surface area contributed by atoms with Crippen molar-refractivity contribution in [3.8, 4) is 17.2 Å². The SMILES string of the molecule is COc1ccc2cc1OCC(=O)NCc1ccc(cc1)O[C@H]1CN(C(=O)c3cnn(C(C)C)c3)C[C@@H]1NC2=O. The van der Waals surface area contributed by atoms with Gasteiger partial charge in [-0.05, 0) is 49.7 Å². The Kier molecular flexibility index (Phi) is 7.40. The van der Waals surface area contributed by atoms with Gasteiger partial charge in [0, 0.05) is 30.9 Å². The van der Waals surface area contributed by atoms with Gasteiger partial charge in [0.15, 0.2) is 18.1 Å². The van der Waals surface area contributed by atoms with Crippen LogP contribution in [0.25, 0.3) is 0 Å². The minimum absolute atomic E-state index is 0.128. The van der Waals surface area contributed by atoms with Crippen molar-refractivity contribution < 1.29 is 28.6 Å². The van der Waals surface area contributed by atoms with Crippen molar-refractivity contribution in [2.24, 2.45) is 0 Å². The Labute approximate surface area is 226 Å². The first-order valence-electron chi connectivity index (χ1n) is 12.8. The molecular weight excluding hydrogens is 502 g/mol. The predicted octanol–water partition coefficient (Wildman–Crippen LogP) is 2.18. The van der Waals surface area contributed by atoms with E-state index in [4.69, 9.17) is 14.2 Å². The van der Waals surface area contributed by atoms with Crippen molar-refractivity contribution in [3.63, 3.8) is 0 Å². The molecule has 1 fully saturated rings. The van der Waals surface area contributed by atoms with E-state index in [1.165, 1.54) is 13.2 Å². The van der Waals surface area contributed by atoms with E-state index in [1.807, 2.05) is 26.0 Å². The molecule has 0 spiro atoms. The smallest absolute Gasteiger partial charge is 0.258 e. The number of amides is 3. The van der Waals surface area contributed by atoms with Crippen molar-refractivity contribution in [1.82, 2.24) is 25.3 Å². The lowest BCUT2D eigenvalue weighted by Gasteiger charge is -2.21. The van der Waals surface area contributed by atoms with E-state index in [1.54, 1.807) is 46.2 Å². The van der Waals surface area contributed by atoms with Crippen LogP contribution in [-0.4, -0.2) is 71.4 Å². The molecule has 1 aromatic heterocycles. The Balaban J connectivity index is 1.43. The van der Waals surface area contributed by atoms with E-state index in [0.29, 0.717) is 29.2 Å². The number of hydrogen-bond acceptors (Lipinski definition) is 7. The summed E-state index contributed by atoms with van der Waals surface area (Å²) in [4.78, 5) is 40.6. The second-order valence-electron chi connectivity index (χ2n) is 9.82. The van der Waals surface area contributed by atoms with Crippen LogP contribution in [0.2, 0.25) is 0 Å². The summed E-state index contributed by atoms with van der Waals surface area (Å²) in [6.45, 7) is 4.60. The molecular formula is C28H31N5O6. The van der Waals surface area contributed by atoms with Gasteiger partial charge in [-0.2, -0.15) is 5.10 Å². The van der Waals surface area contributed by atoms with E-state index in [2.05, 4.69) is 15.7 Å². The van der Waals surface area contributed by atoms with E-state index in [9.17, 15) is 14.4 Å². The van der Waals surface area contributed by atoms with Crippen LogP contribution in [0.15, 0.2) is 54.9 Å². The molecule has 11 heteroatoms. The molecule has 2 aromatic carbocycles. The molecule has 3 aliphatic rings. The first-order chi connectivity index (χ1) is 18.8. The summed E-state index contributed by atoms with van der Waals surface area (Å²) in [5.41, 5.74) is 1.68. The molecule has 0 aliphatic carbocycles. The van der Waals surface area contributed by atoms with Gasteiger partial charge in [0.2, 0.25) is 0 Å². The topological polar surface area (TPSA) is 124 Å². The highest BCUT2D eigenvalue weighted by Crippen LogP contribution is 2.29. The third-order valence-corrected chi connectivity index (χ3v) is 6.73. The number of ether oxygens (including phenoxy) is 3. The Morgan fingerprint density at radius 3 is 2.64 bits per heavy atom. The molecule has 1 saturated heterocycles. The van der Waals surface area contributed by atoms with Gasteiger partial charge in [0.1, 0.15) is 11.9 Å². The zero-order valence-corrected chi connectivity index (χ0v) is 22.0. The lowest BCUT2D eigenvalue weighted by atomic mass is 10.1. The van der Waals surface area contributed by atoms with Crippen LogP contribution < -0.4 is 24.8 Å². The Bertz CT molecular complexity index is 1370. The minimum Gasteiger partial charge on any atom is -0.493 e. The molecule has 39 heavy (non-hydrogen) atoms. The number of rotatable bonds is 3. The third-order valence-electron chi connectivity index (χ3n) is 6.73. The van der Waals surface area contributed by atoms with Crippen molar-refractivity contribution in [2.45, 2.75) is 38.6 Å². The van der Waals surface area contributed by atoms with E-state index < -0.39 is 12.1 Å². The van der Waals surface area contributed by atoms with Crippen LogP contribution in [0.3, 0.4) is 0 Å². The zero-order chi connectivity index (χ0) is 27.5. The van der Waals surface area contributed by atoms with Crippen LogP contribution in [0.4, 0.5) is 0 Å². The molecule has 2 atom stereocenters. The standard InChI is InChI=1S/C28H31N5O6/c1-17(2)33-13-20(12-30-33)28(36)32-14-22-25(15-32)39-21-7-4-18(5-8-21)11-29-26(34)16-38-24-10-19(27(35)31-22)6-9-23(24)37-3/h4-10,12-13,17,22,25H,11,14-16H2,1-3H3,(H,29,34)(H,31,35)/t22-,25-/m0/s1. The highest BCUT2D eigenvalue weighted by atomic mass is 16.5. The van der Waals surface area contributed by atoms with Crippen molar-refractivity contribution in [2.75, 3.05) is 26.8 Å². The molecule has 4 heterocycles. The summed E-state index contributed by atoms with van der Waals surface area (Å²) in [5, 5.41) is 10.1. The predicted molar refractivity (Wildman–Crippen MR) is 141 cm³/mol. The second kappa shape index (κ2) is 11.1. The summed E-state index contributed by atoms with van der Waals surface area (Å²) in [6.07, 6.45) is 2.80. The summed E-state index contributed by atoms with van der Waals surface area (Å²) < 4.78 is 19.0. The van der Waals surface area contributed by atoms with E-state index in [-0.39, 0.29) is 49.2 Å². The largest absolute Gasteiger partial charge is 0.493 e. The third kappa shape index (κ3) is 5.82. The molecule has 0 radical (unpaired) electrons. The summed E-state index contributed by atoms with van der Waals surface area (Å²) in [6, 6.07) is 11.7. The van der Waals surface area contributed by atoms with Gasteiger partial charge in [-0.1, -0.05) is 12.1 Å². The van der Waals surface area contributed by atoms with Crippen LogP contribution in [-0.2, 0) is 11.3 Å². The average Bonchev–Trinajstić information content (AvgIpc) is 3.58. The first kappa shape index (κ1) is 26.1. The number of fused-ring (bicyclic) bond motifs is 7. The van der Waals surface area contributed by atoms with Crippen LogP contribution in [0.1, 0.15) is 46.2 Å². The van der Waals surface area contributed by atoms with Gasteiger partial charge in [0.25, 0.3) is 17.7 Å². The summed E-state index contributed by atoms with van der Waals surface area (Å²) in [5.74, 6) is 0.401. The van der Waals surface area contributed by atoms with Gasteiger partial charge in [-0.25, -0.2) is 0 Å². The van der Waals surface area contributed by atoms with Crippen molar-refractivity contribution in [1.29, 1.82) is 0 Å². The quantitative estimate of drug-likeness (QED) is 0.529. The molecule has 4 bridgehead atoms. The number of nitrogens with zero attached hydrogens (tertiary/aromatic N) is 3. The number of carbonyl (C=O) groups is 3. The zero-order valence-electron chi connectivity index (χ0n) is 22.0. The number of hydrogen-bond donors (Lipinski definition) is 2. The molecule has 2 N–H and O–H groups in total. The molecule has 3 aromatic rings. The Morgan fingerprint density at radius 1 is 1.13 bits per heavy atom. The average molecular weight is 534 g/mol. The summed E-state index contributed by atoms with van der Waals surface area (Å²) >= 11 is 0. The monoisotopic (exact) mass is 533 g/mol. The van der Waals surface area contributed by atoms with Gasteiger partial charge < -0.3 is 29.7 Å². The van der Waals surface area contributed by atoms with Gasteiger partial charge in [0.05, 0.1) is 31.5 Å². The fraction of sp³-hybridized carbons (Fsp3) is 0.357. The lowest BCUT2D eigenvalue weighted by molar-refractivity contribution is -0.123. The van der Waals surface area contributed by atoms with Crippen molar-refractivity contribution >= 4 is 17.7 Å². The van der Waals surface area contributed by atoms with Crippen LogP contribution in [0, 0.1) is 0 Å². The fourth-order valence-corrected chi connectivity index (χ4v) is 4.55. The fourth-order valence-electron chi connectivity index (χ4n) is 4.55. The van der Waals surface area contributed by atoms with Gasteiger partial charge >= 0.3 is 0 Å². The van der Waals surface area contributed by atoms with Crippen LogP contribution >= 0.6 is 0 Å². The normalized spacial score (nSPS) is 19.4. The molecule has 11 nitrogen and oxygen atoms in total. The molecule has 204 valence electrons. The van der Waals surface area contributed by atoms with E-state index in [0.717, 1.165) is 5.56 Å². The maximum absolute atomic E-state index is 13.3. The molecule has 0 unspecified atom stereocenters. The maximum Gasteiger partial charge on any atom is 0.258 e. The van der Waals surface area contributed by atoms with Crippen LogP contribution in [0.5, 0.6) is 17.2 Å². The number of nitrogens with one attached hydrogen (secondary N) is 2. The molecule has 0 saturated carbocycles. The molecule has 3 amide bonds.